The zero-order valence-electron chi connectivity index (χ0n) is 27.7. The molecule has 0 rings (SSSR count). The van der Waals surface area contributed by atoms with Gasteiger partial charge in [0.1, 0.15) is 5.60 Å². The number of hydrogen-bond donors (Lipinski definition) is 1. The molecule has 2 nitrogen and oxygen atoms in total. The van der Waals surface area contributed by atoms with Gasteiger partial charge in [-0.2, -0.15) is 0 Å². The minimum Gasteiger partial charge on any atom is -0.382 e. The molecule has 0 saturated carbocycles. The van der Waals surface area contributed by atoms with Crippen LogP contribution >= 0.6 is 0 Å². The highest BCUT2D eigenvalue weighted by atomic mass is 16.3. The van der Waals surface area contributed by atoms with Crippen molar-refractivity contribution in [3.63, 3.8) is 0 Å². The van der Waals surface area contributed by atoms with Crippen LogP contribution in [-0.2, 0) is 4.79 Å². The van der Waals surface area contributed by atoms with E-state index in [9.17, 15) is 9.90 Å². The Labute approximate surface area is 257 Å². The third-order valence-electron chi connectivity index (χ3n) is 5.92. The molecule has 0 aliphatic heterocycles. The molecule has 0 fully saturated rings. The van der Waals surface area contributed by atoms with Crippen molar-refractivity contribution >= 4 is 5.78 Å². The highest BCUT2D eigenvalue weighted by Crippen LogP contribution is 2.08. The quantitative estimate of drug-likeness (QED) is 0.115. The summed E-state index contributed by atoms with van der Waals surface area (Å²) in [5, 5.41) is 9.68. The summed E-state index contributed by atoms with van der Waals surface area (Å²) in [6.45, 7) is 19.7. The second-order valence-electron chi connectivity index (χ2n) is 11.5. The Bertz CT molecular complexity index is 1260. The van der Waals surface area contributed by atoms with E-state index in [1.165, 1.54) is 42.2 Å². The number of hydrogen-bond acceptors (Lipinski definition) is 2. The van der Waals surface area contributed by atoms with Gasteiger partial charge in [-0.15, -0.1) is 0 Å². The molecule has 0 spiro atoms. The molecule has 0 aliphatic rings. The van der Waals surface area contributed by atoms with Gasteiger partial charge in [-0.1, -0.05) is 148 Å². The third kappa shape index (κ3) is 23.0. The number of carbonyl (C=O) groups is 1. The van der Waals surface area contributed by atoms with E-state index in [1.54, 1.807) is 6.08 Å². The molecule has 2 heteroatoms. The molecule has 0 aromatic rings. The molecule has 0 aromatic carbocycles. The van der Waals surface area contributed by atoms with Crippen molar-refractivity contribution in [2.45, 2.75) is 87.7 Å². The Hall–Kier alpha value is -3.75. The topological polar surface area (TPSA) is 37.3 Å². The lowest BCUT2D eigenvalue weighted by Gasteiger charge is -2.11. The average molecular weight is 567 g/mol. The van der Waals surface area contributed by atoms with E-state index in [-0.39, 0.29) is 5.78 Å². The van der Waals surface area contributed by atoms with Crippen LogP contribution in [0.1, 0.15) is 82.1 Å². The third-order valence-corrected chi connectivity index (χ3v) is 5.92. The predicted molar refractivity (Wildman–Crippen MR) is 187 cm³/mol. The van der Waals surface area contributed by atoms with Crippen molar-refractivity contribution in [3.05, 3.63) is 154 Å². The lowest BCUT2D eigenvalue weighted by atomic mass is 10.0. The maximum atomic E-state index is 11.7. The van der Waals surface area contributed by atoms with E-state index in [0.29, 0.717) is 0 Å². The number of ketones is 1. The summed E-state index contributed by atoms with van der Waals surface area (Å²) in [7, 11) is 0. The molecule has 0 atom stereocenters. The number of aliphatic hydroxyl groups is 1. The Morgan fingerprint density at radius 3 is 1.26 bits per heavy atom. The summed E-state index contributed by atoms with van der Waals surface area (Å²) in [5.41, 5.74) is 7.03. The molecule has 0 aliphatic carbocycles. The summed E-state index contributed by atoms with van der Waals surface area (Å²) >= 11 is 0. The number of allylic oxidation sites excluding steroid dienone is 25. The van der Waals surface area contributed by atoms with Crippen LogP contribution in [0, 0.1) is 0 Å². The fourth-order valence-electron chi connectivity index (χ4n) is 3.19. The lowest BCUT2D eigenvalue weighted by molar-refractivity contribution is -0.128. The summed E-state index contributed by atoms with van der Waals surface area (Å²) < 4.78 is 0. The van der Waals surface area contributed by atoms with Gasteiger partial charge in [0.2, 0.25) is 0 Å². The first-order valence-corrected chi connectivity index (χ1v) is 14.7. The zero-order valence-corrected chi connectivity index (χ0v) is 27.7. The van der Waals surface area contributed by atoms with E-state index in [2.05, 4.69) is 114 Å². The first-order valence-electron chi connectivity index (χ1n) is 14.7. The van der Waals surface area contributed by atoms with Crippen LogP contribution in [0.15, 0.2) is 154 Å². The molecule has 0 heterocycles. The fourth-order valence-corrected chi connectivity index (χ4v) is 3.19. The summed E-state index contributed by atoms with van der Waals surface area (Å²) in [6, 6.07) is 0. The highest BCUT2D eigenvalue weighted by molar-refractivity contribution is 5.96. The van der Waals surface area contributed by atoms with Crippen LogP contribution in [0.25, 0.3) is 0 Å². The molecule has 0 radical (unpaired) electrons. The van der Waals surface area contributed by atoms with Gasteiger partial charge in [0.15, 0.2) is 5.78 Å². The largest absolute Gasteiger partial charge is 0.382 e. The summed E-state index contributed by atoms with van der Waals surface area (Å²) in [4.78, 5) is 11.7. The highest BCUT2D eigenvalue weighted by Gasteiger charge is 2.20. The number of carbonyl (C=O) groups excluding carboxylic acids is 1. The van der Waals surface area contributed by atoms with Crippen LogP contribution < -0.4 is 0 Å². The van der Waals surface area contributed by atoms with Gasteiger partial charge in [-0.25, -0.2) is 0 Å². The van der Waals surface area contributed by atoms with Gasteiger partial charge in [0.25, 0.3) is 0 Å². The maximum Gasteiger partial charge on any atom is 0.186 e. The fraction of sp³-hybridized carbons (Fsp3) is 0.325. The Kier molecular flexibility index (Phi) is 20.0. The molecular formula is C40H54O2. The molecule has 42 heavy (non-hydrogen) atoms. The molecular weight excluding hydrogens is 512 g/mol. The summed E-state index contributed by atoms with van der Waals surface area (Å²) in [5.74, 6) is -0.311. The normalized spacial score (nSPS) is 15.6. The average Bonchev–Trinajstić information content (AvgIpc) is 2.89. The van der Waals surface area contributed by atoms with E-state index >= 15 is 0 Å². The minimum atomic E-state index is -1.34. The zero-order chi connectivity index (χ0) is 32.0. The van der Waals surface area contributed by atoms with Gasteiger partial charge in [0.05, 0.1) is 0 Å². The smallest absolute Gasteiger partial charge is 0.186 e. The van der Waals surface area contributed by atoms with Crippen LogP contribution in [0.4, 0.5) is 0 Å². The Morgan fingerprint density at radius 2 is 0.881 bits per heavy atom. The van der Waals surface area contributed by atoms with Crippen LogP contribution in [0.5, 0.6) is 0 Å². The maximum absolute atomic E-state index is 11.7. The van der Waals surface area contributed by atoms with Crippen molar-refractivity contribution in [2.75, 3.05) is 0 Å². The van der Waals surface area contributed by atoms with E-state index in [4.69, 9.17) is 0 Å². The van der Waals surface area contributed by atoms with E-state index < -0.39 is 5.60 Å². The molecule has 0 bridgehead atoms. The molecule has 226 valence electrons. The van der Waals surface area contributed by atoms with Gasteiger partial charge in [-0.3, -0.25) is 4.79 Å². The first-order chi connectivity index (χ1) is 19.7. The van der Waals surface area contributed by atoms with Crippen molar-refractivity contribution in [1.82, 2.24) is 0 Å². The van der Waals surface area contributed by atoms with E-state index in [0.717, 1.165) is 29.6 Å². The first kappa shape index (κ1) is 38.2. The van der Waals surface area contributed by atoms with Crippen LogP contribution in [-0.4, -0.2) is 16.5 Å². The molecule has 1 N–H and O–H groups in total. The predicted octanol–water partition coefficient (Wildman–Crippen LogP) is 11.1. The van der Waals surface area contributed by atoms with Crippen molar-refractivity contribution < 1.29 is 9.90 Å². The monoisotopic (exact) mass is 566 g/mol. The minimum absolute atomic E-state index is 0.311. The molecule has 0 amide bonds. The van der Waals surface area contributed by atoms with Crippen molar-refractivity contribution in [3.8, 4) is 0 Å². The second kappa shape index (κ2) is 21.9. The van der Waals surface area contributed by atoms with E-state index in [1.807, 2.05) is 44.2 Å². The lowest BCUT2D eigenvalue weighted by Crippen LogP contribution is -2.29. The van der Waals surface area contributed by atoms with Crippen LogP contribution in [0.3, 0.4) is 0 Å². The molecule has 0 unspecified atom stereocenters. The van der Waals surface area contributed by atoms with Gasteiger partial charge in [-0.05, 0) is 88.2 Å². The van der Waals surface area contributed by atoms with Gasteiger partial charge >= 0.3 is 0 Å². The van der Waals surface area contributed by atoms with Gasteiger partial charge in [0, 0.05) is 0 Å². The standard InChI is InChI=1S/C40H54O2/c1-32(2)18-13-21-35(5)24-16-27-36(6)25-14-22-33(3)19-11-12-20-34(4)23-15-26-37(7)28-17-29-38(8)30-31-39(41)40(9,10)42/h11-12,14-20,22-31,42H,13,21H2,1-10H3/b12-11+,22-14+,23-15+,27-16+,28-17+,31-30+,33-19+,34-20+,35-24+,36-25+,37-26+,38-29+. The Morgan fingerprint density at radius 1 is 0.524 bits per heavy atom. The summed E-state index contributed by atoms with van der Waals surface area (Å²) in [6.07, 6.45) is 40.8. The van der Waals surface area contributed by atoms with Crippen LogP contribution in [0.2, 0.25) is 0 Å². The Balaban J connectivity index is 4.80. The van der Waals surface area contributed by atoms with Gasteiger partial charge < -0.3 is 5.11 Å². The number of rotatable bonds is 16. The second-order valence-corrected chi connectivity index (χ2v) is 11.5. The SMILES string of the molecule is CC(C)=CCC/C(C)=C/C=C/C(C)=C/C=C/C(C)=C/C=C/C=C(C)/C=C/C=C(C)/C=C/C=C(C)/C=C/C(=O)C(C)(C)O. The van der Waals surface area contributed by atoms with Crippen molar-refractivity contribution in [2.24, 2.45) is 0 Å². The molecule has 0 saturated heterocycles. The van der Waals surface area contributed by atoms with Crippen molar-refractivity contribution in [1.29, 1.82) is 0 Å². The molecule has 0 aromatic heterocycles.